The zero-order valence-electron chi connectivity index (χ0n) is 19.9. The van der Waals surface area contributed by atoms with Crippen LogP contribution in [-0.2, 0) is 22.6 Å². The number of hydrogen-bond donors (Lipinski definition) is 1. The molecule has 4 aliphatic carbocycles. The number of carbonyl (C=O) groups is 2. The van der Waals surface area contributed by atoms with E-state index < -0.39 is 0 Å². The molecule has 7 heteroatoms. The minimum Gasteiger partial charge on any atom is -0.347 e. The van der Waals surface area contributed by atoms with Crippen molar-refractivity contribution in [2.24, 2.45) is 23.2 Å². The van der Waals surface area contributed by atoms with Crippen molar-refractivity contribution >= 4 is 11.8 Å². The van der Waals surface area contributed by atoms with Gasteiger partial charge in [-0.3, -0.25) is 9.59 Å². The van der Waals surface area contributed by atoms with E-state index in [0.29, 0.717) is 13.0 Å². The predicted octanol–water partition coefficient (Wildman–Crippen LogP) is 3.43. The molecule has 1 unspecified atom stereocenters. The molecule has 1 saturated heterocycles. The molecule has 7 nitrogen and oxygen atoms in total. The van der Waals surface area contributed by atoms with Gasteiger partial charge in [-0.15, -0.1) is 10.2 Å². The fourth-order valence-electron chi connectivity index (χ4n) is 8.42. The van der Waals surface area contributed by atoms with Crippen LogP contribution in [0.2, 0.25) is 0 Å². The minimum absolute atomic E-state index is 0.0502. The molecule has 3 heterocycles. The molecule has 0 radical (unpaired) electrons. The van der Waals surface area contributed by atoms with Gasteiger partial charge >= 0.3 is 0 Å². The van der Waals surface area contributed by atoms with Gasteiger partial charge < -0.3 is 14.8 Å². The fourth-order valence-corrected chi connectivity index (χ4v) is 8.42. The van der Waals surface area contributed by atoms with Gasteiger partial charge in [-0.25, -0.2) is 0 Å². The quantitative estimate of drug-likeness (QED) is 0.741. The van der Waals surface area contributed by atoms with Gasteiger partial charge in [-0.1, -0.05) is 6.42 Å². The van der Waals surface area contributed by atoms with Crippen molar-refractivity contribution in [2.75, 3.05) is 19.6 Å². The van der Waals surface area contributed by atoms with Gasteiger partial charge in [-0.05, 0) is 87.4 Å². The van der Waals surface area contributed by atoms with Crippen LogP contribution in [0.15, 0.2) is 0 Å². The molecule has 180 valence electrons. The Morgan fingerprint density at radius 2 is 1.70 bits per heavy atom. The number of nitrogens with zero attached hydrogens (tertiary/aromatic N) is 4. The lowest BCUT2D eigenvalue weighted by atomic mass is 9.49. The number of likely N-dealkylation sites (tertiary alicyclic amines) is 1. The van der Waals surface area contributed by atoms with Crippen molar-refractivity contribution in [3.05, 3.63) is 11.6 Å². The standard InChI is InChI=1S/C26H39N5O2/c32-23(15-26-12-18-9-19(13-26)11-20(10-18)14-26)27-16-24(33)30-7-4-5-21(17-30)25-29-28-22-6-2-1-3-8-31(22)25/h18-21H,1-17H2,(H,27,32). The van der Waals surface area contributed by atoms with E-state index in [1.807, 2.05) is 4.90 Å². The average Bonchev–Trinajstić information content (AvgIpc) is 3.04. The van der Waals surface area contributed by atoms with E-state index in [9.17, 15) is 9.59 Å². The molecule has 33 heavy (non-hydrogen) atoms. The molecule has 0 aromatic carbocycles. The first kappa shape index (κ1) is 21.6. The second-order valence-electron chi connectivity index (χ2n) is 12.0. The van der Waals surface area contributed by atoms with E-state index >= 15 is 0 Å². The van der Waals surface area contributed by atoms with Crippen LogP contribution in [0.5, 0.6) is 0 Å². The van der Waals surface area contributed by atoms with E-state index in [1.54, 1.807) is 0 Å². The summed E-state index contributed by atoms with van der Waals surface area (Å²) in [6.07, 6.45) is 15.2. The normalized spacial score (nSPS) is 35.2. The molecule has 1 aromatic heterocycles. The van der Waals surface area contributed by atoms with Crippen LogP contribution in [0.3, 0.4) is 0 Å². The number of aryl methyl sites for hydroxylation is 1. The third kappa shape index (κ3) is 4.32. The molecular weight excluding hydrogens is 414 g/mol. The molecule has 2 amide bonds. The second-order valence-corrected chi connectivity index (χ2v) is 12.0. The van der Waals surface area contributed by atoms with Crippen molar-refractivity contribution in [3.8, 4) is 0 Å². The molecule has 4 bridgehead atoms. The summed E-state index contributed by atoms with van der Waals surface area (Å²) in [5.74, 6) is 5.12. The summed E-state index contributed by atoms with van der Waals surface area (Å²) < 4.78 is 2.32. The predicted molar refractivity (Wildman–Crippen MR) is 124 cm³/mol. The zero-order chi connectivity index (χ0) is 22.4. The Kier molecular flexibility index (Phi) is 5.69. The third-order valence-electron chi connectivity index (χ3n) is 9.41. The van der Waals surface area contributed by atoms with Crippen LogP contribution >= 0.6 is 0 Å². The maximum Gasteiger partial charge on any atom is 0.241 e. The van der Waals surface area contributed by atoms with Crippen LogP contribution in [0.25, 0.3) is 0 Å². The van der Waals surface area contributed by atoms with Gasteiger partial charge in [0.25, 0.3) is 0 Å². The Morgan fingerprint density at radius 1 is 0.939 bits per heavy atom. The first-order chi connectivity index (χ1) is 16.1. The lowest BCUT2D eigenvalue weighted by Gasteiger charge is -2.56. The minimum atomic E-state index is 0.0502. The first-order valence-electron chi connectivity index (χ1n) is 13.5. The maximum absolute atomic E-state index is 13.0. The van der Waals surface area contributed by atoms with E-state index in [0.717, 1.165) is 61.8 Å². The SMILES string of the molecule is O=C(CC12CC3CC(CC(C3)C1)C2)NCC(=O)N1CCCC(c2nnc3n2CCCCC3)C1. The largest absolute Gasteiger partial charge is 0.347 e. The molecule has 6 aliphatic rings. The number of hydrogen-bond acceptors (Lipinski definition) is 4. The van der Waals surface area contributed by atoms with Crippen molar-refractivity contribution in [1.29, 1.82) is 0 Å². The molecule has 5 fully saturated rings. The summed E-state index contributed by atoms with van der Waals surface area (Å²) in [4.78, 5) is 27.8. The van der Waals surface area contributed by atoms with Crippen molar-refractivity contribution in [2.45, 2.75) is 95.9 Å². The van der Waals surface area contributed by atoms with Crippen LogP contribution in [-0.4, -0.2) is 51.1 Å². The fraction of sp³-hybridized carbons (Fsp3) is 0.846. The maximum atomic E-state index is 13.0. The summed E-state index contributed by atoms with van der Waals surface area (Å²) in [5.41, 5.74) is 0.226. The Hall–Kier alpha value is -1.92. The number of nitrogens with one attached hydrogen (secondary N) is 1. The van der Waals surface area contributed by atoms with E-state index in [-0.39, 0.29) is 29.7 Å². The molecule has 7 rings (SSSR count). The number of piperidine rings is 1. The lowest BCUT2D eigenvalue weighted by molar-refractivity contribution is -0.136. The summed E-state index contributed by atoms with van der Waals surface area (Å²) in [5, 5.41) is 12.0. The number of aromatic nitrogens is 3. The molecule has 1 aromatic rings. The van der Waals surface area contributed by atoms with Gasteiger partial charge in [0.05, 0.1) is 6.54 Å². The molecule has 4 saturated carbocycles. The van der Waals surface area contributed by atoms with Gasteiger partial charge in [0.1, 0.15) is 11.6 Å². The van der Waals surface area contributed by atoms with Gasteiger partial charge in [0.15, 0.2) is 0 Å². The van der Waals surface area contributed by atoms with Crippen LogP contribution < -0.4 is 5.32 Å². The summed E-state index contributed by atoms with van der Waals surface area (Å²) >= 11 is 0. The second kappa shape index (κ2) is 8.70. The highest BCUT2D eigenvalue weighted by atomic mass is 16.2. The number of amides is 2. The van der Waals surface area contributed by atoms with Crippen LogP contribution in [0.4, 0.5) is 0 Å². The van der Waals surface area contributed by atoms with Crippen molar-refractivity contribution in [3.63, 3.8) is 0 Å². The third-order valence-corrected chi connectivity index (χ3v) is 9.41. The van der Waals surface area contributed by atoms with E-state index in [4.69, 9.17) is 0 Å². The number of carbonyl (C=O) groups excluding carboxylic acids is 2. The van der Waals surface area contributed by atoms with Gasteiger partial charge in [-0.2, -0.15) is 0 Å². The number of rotatable bonds is 5. The molecular formula is C26H39N5O2. The highest BCUT2D eigenvalue weighted by Gasteiger charge is 2.51. The lowest BCUT2D eigenvalue weighted by Crippen LogP contribution is -2.49. The van der Waals surface area contributed by atoms with Gasteiger partial charge in [0, 0.05) is 38.4 Å². The first-order valence-corrected chi connectivity index (χ1v) is 13.5. The summed E-state index contributed by atoms with van der Waals surface area (Å²) in [6.45, 7) is 2.61. The molecule has 1 N–H and O–H groups in total. The Bertz CT molecular complexity index is 873. The molecule has 1 atom stereocenters. The highest BCUT2D eigenvalue weighted by Crippen LogP contribution is 2.61. The van der Waals surface area contributed by atoms with Crippen LogP contribution in [0, 0.1) is 23.2 Å². The molecule has 0 spiro atoms. The smallest absolute Gasteiger partial charge is 0.241 e. The van der Waals surface area contributed by atoms with E-state index in [2.05, 4.69) is 20.1 Å². The van der Waals surface area contributed by atoms with Crippen LogP contribution in [0.1, 0.15) is 94.6 Å². The summed E-state index contributed by atoms with van der Waals surface area (Å²) in [7, 11) is 0. The van der Waals surface area contributed by atoms with Crippen molar-refractivity contribution in [1.82, 2.24) is 25.0 Å². The Labute approximate surface area is 197 Å². The monoisotopic (exact) mass is 453 g/mol. The Balaban J connectivity index is 1.03. The van der Waals surface area contributed by atoms with Crippen molar-refractivity contribution < 1.29 is 9.59 Å². The van der Waals surface area contributed by atoms with E-state index in [1.165, 1.54) is 57.8 Å². The summed E-state index contributed by atoms with van der Waals surface area (Å²) in [6, 6.07) is 0. The number of fused-ring (bicyclic) bond motifs is 1. The van der Waals surface area contributed by atoms with Gasteiger partial charge in [0.2, 0.25) is 11.8 Å². The average molecular weight is 454 g/mol. The topological polar surface area (TPSA) is 80.1 Å². The Morgan fingerprint density at radius 3 is 2.45 bits per heavy atom. The highest BCUT2D eigenvalue weighted by molar-refractivity contribution is 5.85. The zero-order valence-corrected chi connectivity index (χ0v) is 19.9. The molecule has 2 aliphatic heterocycles.